The largest absolute Gasteiger partial charge is 0.312 e. The standard InChI is InChI=1S/C17H36N2/c1-7-11-18-15-10-9-14(17(3,4)5)13-16(15)19(6)12-8-2/h14-16,18H,7-13H2,1-6H3. The zero-order chi connectivity index (χ0) is 14.5. The first-order valence-corrected chi connectivity index (χ1v) is 8.33. The van der Waals surface area contributed by atoms with Gasteiger partial charge in [0, 0.05) is 12.1 Å². The van der Waals surface area contributed by atoms with Gasteiger partial charge in [-0.15, -0.1) is 0 Å². The monoisotopic (exact) mass is 268 g/mol. The first kappa shape index (κ1) is 17.0. The predicted octanol–water partition coefficient (Wildman–Crippen LogP) is 3.91. The highest BCUT2D eigenvalue weighted by molar-refractivity contribution is 4.93. The summed E-state index contributed by atoms with van der Waals surface area (Å²) in [5.74, 6) is 0.872. The van der Waals surface area contributed by atoms with Crippen molar-refractivity contribution in [2.75, 3.05) is 20.1 Å². The summed E-state index contributed by atoms with van der Waals surface area (Å²) in [6.07, 6.45) is 6.60. The second-order valence-electron chi connectivity index (χ2n) is 7.48. The Bertz CT molecular complexity index is 244. The molecule has 19 heavy (non-hydrogen) atoms. The number of likely N-dealkylation sites (N-methyl/N-ethyl adjacent to an activating group) is 1. The minimum atomic E-state index is 0.459. The van der Waals surface area contributed by atoms with Gasteiger partial charge in [0.25, 0.3) is 0 Å². The van der Waals surface area contributed by atoms with Crippen molar-refractivity contribution >= 4 is 0 Å². The van der Waals surface area contributed by atoms with Gasteiger partial charge in [-0.05, 0) is 63.6 Å². The number of nitrogens with zero attached hydrogens (tertiary/aromatic N) is 1. The highest BCUT2D eigenvalue weighted by Crippen LogP contribution is 2.39. The number of rotatable bonds is 6. The van der Waals surface area contributed by atoms with Crippen LogP contribution in [-0.4, -0.2) is 37.1 Å². The summed E-state index contributed by atoms with van der Waals surface area (Å²) in [4.78, 5) is 2.60. The molecule has 3 atom stereocenters. The zero-order valence-corrected chi connectivity index (χ0v) is 14.1. The maximum absolute atomic E-state index is 3.79. The van der Waals surface area contributed by atoms with Gasteiger partial charge in [-0.2, -0.15) is 0 Å². The Morgan fingerprint density at radius 2 is 1.79 bits per heavy atom. The Kier molecular flexibility index (Phi) is 6.82. The van der Waals surface area contributed by atoms with Crippen LogP contribution in [0.4, 0.5) is 0 Å². The van der Waals surface area contributed by atoms with E-state index in [1.807, 2.05) is 0 Å². The lowest BCUT2D eigenvalue weighted by molar-refractivity contribution is 0.0724. The van der Waals surface area contributed by atoms with Crippen molar-refractivity contribution in [3.8, 4) is 0 Å². The van der Waals surface area contributed by atoms with Crippen LogP contribution in [0.3, 0.4) is 0 Å². The van der Waals surface area contributed by atoms with Crippen LogP contribution in [0, 0.1) is 11.3 Å². The number of hydrogen-bond donors (Lipinski definition) is 1. The van der Waals surface area contributed by atoms with E-state index in [1.54, 1.807) is 0 Å². The molecule has 0 heterocycles. The molecular weight excluding hydrogens is 232 g/mol. The third kappa shape index (κ3) is 5.07. The average Bonchev–Trinajstić information content (AvgIpc) is 2.35. The maximum atomic E-state index is 3.79. The van der Waals surface area contributed by atoms with Crippen LogP contribution in [0.15, 0.2) is 0 Å². The topological polar surface area (TPSA) is 15.3 Å². The molecule has 1 aliphatic rings. The van der Waals surface area contributed by atoms with Gasteiger partial charge < -0.3 is 10.2 Å². The van der Waals surface area contributed by atoms with E-state index in [0.717, 1.165) is 12.0 Å². The molecule has 0 aromatic carbocycles. The van der Waals surface area contributed by atoms with Gasteiger partial charge in [-0.1, -0.05) is 34.6 Å². The molecule has 0 bridgehead atoms. The molecular formula is C17H36N2. The van der Waals surface area contributed by atoms with E-state index >= 15 is 0 Å². The minimum Gasteiger partial charge on any atom is -0.312 e. The highest BCUT2D eigenvalue weighted by Gasteiger charge is 2.37. The molecule has 0 spiro atoms. The maximum Gasteiger partial charge on any atom is 0.0249 e. The summed E-state index contributed by atoms with van der Waals surface area (Å²) in [5, 5.41) is 3.79. The van der Waals surface area contributed by atoms with Gasteiger partial charge in [0.15, 0.2) is 0 Å². The molecule has 1 aliphatic carbocycles. The molecule has 0 amide bonds. The molecule has 3 unspecified atom stereocenters. The van der Waals surface area contributed by atoms with Crippen molar-refractivity contribution < 1.29 is 0 Å². The van der Waals surface area contributed by atoms with E-state index in [0.29, 0.717) is 11.5 Å². The van der Waals surface area contributed by atoms with E-state index in [9.17, 15) is 0 Å². The van der Waals surface area contributed by atoms with Gasteiger partial charge in [-0.25, -0.2) is 0 Å². The average molecular weight is 268 g/mol. The van der Waals surface area contributed by atoms with Crippen LogP contribution >= 0.6 is 0 Å². The SMILES string of the molecule is CCCNC1CCC(C(C)(C)C)CC1N(C)CCC. The normalized spacial score (nSPS) is 28.9. The van der Waals surface area contributed by atoms with Gasteiger partial charge in [-0.3, -0.25) is 0 Å². The Hall–Kier alpha value is -0.0800. The van der Waals surface area contributed by atoms with Crippen LogP contribution in [0.1, 0.15) is 66.7 Å². The third-order valence-corrected chi connectivity index (χ3v) is 4.84. The second-order valence-corrected chi connectivity index (χ2v) is 7.48. The lowest BCUT2D eigenvalue weighted by atomic mass is 9.69. The lowest BCUT2D eigenvalue weighted by Crippen LogP contribution is -2.53. The molecule has 1 rings (SSSR count). The highest BCUT2D eigenvalue weighted by atomic mass is 15.2. The Morgan fingerprint density at radius 3 is 2.32 bits per heavy atom. The zero-order valence-electron chi connectivity index (χ0n) is 14.1. The fourth-order valence-electron chi connectivity index (χ4n) is 3.51. The Balaban J connectivity index is 2.68. The van der Waals surface area contributed by atoms with E-state index < -0.39 is 0 Å². The summed E-state index contributed by atoms with van der Waals surface area (Å²) in [6.45, 7) is 14.2. The summed E-state index contributed by atoms with van der Waals surface area (Å²) in [7, 11) is 2.32. The first-order valence-electron chi connectivity index (χ1n) is 8.33. The molecule has 1 N–H and O–H groups in total. The number of hydrogen-bond acceptors (Lipinski definition) is 2. The summed E-state index contributed by atoms with van der Waals surface area (Å²) in [6, 6.07) is 1.43. The second kappa shape index (κ2) is 7.64. The van der Waals surface area contributed by atoms with Crippen LogP contribution < -0.4 is 5.32 Å². The fraction of sp³-hybridized carbons (Fsp3) is 1.00. The van der Waals surface area contributed by atoms with Crippen molar-refractivity contribution in [1.82, 2.24) is 10.2 Å². The van der Waals surface area contributed by atoms with E-state index in [2.05, 4.69) is 51.9 Å². The smallest absolute Gasteiger partial charge is 0.0249 e. The van der Waals surface area contributed by atoms with Crippen molar-refractivity contribution in [3.05, 3.63) is 0 Å². The molecule has 2 heteroatoms. The predicted molar refractivity (Wildman–Crippen MR) is 85.6 cm³/mol. The van der Waals surface area contributed by atoms with Crippen molar-refractivity contribution in [2.24, 2.45) is 11.3 Å². The molecule has 0 saturated heterocycles. The molecule has 114 valence electrons. The summed E-state index contributed by atoms with van der Waals surface area (Å²) < 4.78 is 0. The van der Waals surface area contributed by atoms with E-state index in [1.165, 1.54) is 45.2 Å². The molecule has 0 aromatic rings. The molecule has 0 radical (unpaired) electrons. The van der Waals surface area contributed by atoms with Crippen LogP contribution in [0.25, 0.3) is 0 Å². The Morgan fingerprint density at radius 1 is 1.11 bits per heavy atom. The minimum absolute atomic E-state index is 0.459. The van der Waals surface area contributed by atoms with Gasteiger partial charge in [0.2, 0.25) is 0 Å². The van der Waals surface area contributed by atoms with Gasteiger partial charge in [0.05, 0.1) is 0 Å². The summed E-state index contributed by atoms with van der Waals surface area (Å²) >= 11 is 0. The Labute approximate surface area is 121 Å². The van der Waals surface area contributed by atoms with Crippen molar-refractivity contribution in [1.29, 1.82) is 0 Å². The molecule has 0 aromatic heterocycles. The van der Waals surface area contributed by atoms with Crippen molar-refractivity contribution in [3.63, 3.8) is 0 Å². The lowest BCUT2D eigenvalue weighted by Gasteiger charge is -2.45. The third-order valence-electron chi connectivity index (χ3n) is 4.84. The first-order chi connectivity index (χ1) is 8.90. The van der Waals surface area contributed by atoms with Gasteiger partial charge in [0.1, 0.15) is 0 Å². The van der Waals surface area contributed by atoms with Crippen LogP contribution in [-0.2, 0) is 0 Å². The molecule has 2 nitrogen and oxygen atoms in total. The van der Waals surface area contributed by atoms with Crippen LogP contribution in [0.5, 0.6) is 0 Å². The molecule has 1 saturated carbocycles. The fourth-order valence-corrected chi connectivity index (χ4v) is 3.51. The van der Waals surface area contributed by atoms with Crippen molar-refractivity contribution in [2.45, 2.75) is 78.8 Å². The molecule has 1 fully saturated rings. The van der Waals surface area contributed by atoms with E-state index in [4.69, 9.17) is 0 Å². The summed E-state index contributed by atoms with van der Waals surface area (Å²) in [5.41, 5.74) is 0.459. The molecule has 0 aliphatic heterocycles. The van der Waals surface area contributed by atoms with Crippen LogP contribution in [0.2, 0.25) is 0 Å². The van der Waals surface area contributed by atoms with E-state index in [-0.39, 0.29) is 0 Å². The quantitative estimate of drug-likeness (QED) is 0.785. The number of nitrogens with one attached hydrogen (secondary N) is 1. The van der Waals surface area contributed by atoms with Gasteiger partial charge >= 0.3 is 0 Å².